The quantitative estimate of drug-likeness (QED) is 0.325. The fourth-order valence-corrected chi connectivity index (χ4v) is 4.26. The molecule has 0 heterocycles. The zero-order valence-electron chi connectivity index (χ0n) is 17.5. The van der Waals surface area contributed by atoms with Crippen LogP contribution in [0.25, 0.3) is 0 Å². The van der Waals surface area contributed by atoms with Gasteiger partial charge in [-0.25, -0.2) is 8.42 Å². The molecule has 2 aromatic carbocycles. The normalized spacial score (nSPS) is 11.9. The summed E-state index contributed by atoms with van der Waals surface area (Å²) in [5.74, 6) is -0.288. The van der Waals surface area contributed by atoms with Crippen molar-refractivity contribution in [1.29, 1.82) is 0 Å². The Morgan fingerprint density at radius 3 is 2.35 bits per heavy atom. The van der Waals surface area contributed by atoms with Gasteiger partial charge in [0.25, 0.3) is 5.69 Å². The van der Waals surface area contributed by atoms with Gasteiger partial charge in [-0.05, 0) is 31.2 Å². The van der Waals surface area contributed by atoms with E-state index in [1.807, 2.05) is 6.07 Å². The van der Waals surface area contributed by atoms with E-state index in [4.69, 9.17) is 0 Å². The Kier molecular flexibility index (Phi) is 8.22. The molecule has 0 aliphatic heterocycles. The summed E-state index contributed by atoms with van der Waals surface area (Å²) in [4.78, 5) is 22.7. The van der Waals surface area contributed by atoms with Gasteiger partial charge in [0.15, 0.2) is 0 Å². The van der Waals surface area contributed by atoms with E-state index in [0.29, 0.717) is 11.4 Å². The standard InChI is InChI=1S/C20H25N5O5S/c1-4-24(5-2)31(29,30)17-11-12-18(19(14-17)25(27)28)23-22-15(3)13-20(26)21-16-9-7-6-8-10-16/h6-12,14,23H,4-5,13H2,1-3H3,(H,21,26)/b22-15+. The fraction of sp³-hybridized carbons (Fsp3) is 0.300. The summed E-state index contributed by atoms with van der Waals surface area (Å²) >= 11 is 0. The maximum Gasteiger partial charge on any atom is 0.295 e. The third-order valence-corrected chi connectivity index (χ3v) is 6.40. The van der Waals surface area contributed by atoms with Gasteiger partial charge in [0.1, 0.15) is 5.69 Å². The van der Waals surface area contributed by atoms with Crippen molar-refractivity contribution in [2.24, 2.45) is 5.10 Å². The number of para-hydroxylation sites is 1. The van der Waals surface area contributed by atoms with Crippen LogP contribution in [0.15, 0.2) is 58.5 Å². The zero-order chi connectivity index (χ0) is 23.0. The maximum absolute atomic E-state index is 12.6. The Morgan fingerprint density at radius 1 is 1.13 bits per heavy atom. The molecule has 11 heteroatoms. The van der Waals surface area contributed by atoms with E-state index >= 15 is 0 Å². The fourth-order valence-electron chi connectivity index (χ4n) is 2.78. The Labute approximate surface area is 181 Å². The SMILES string of the molecule is CCN(CC)S(=O)(=O)c1ccc(N/N=C(\C)CC(=O)Nc2ccccc2)c([N+](=O)[O-])c1. The number of nitrogens with one attached hydrogen (secondary N) is 2. The number of amides is 1. The van der Waals surface area contributed by atoms with Crippen molar-refractivity contribution in [3.8, 4) is 0 Å². The van der Waals surface area contributed by atoms with E-state index < -0.39 is 20.6 Å². The summed E-state index contributed by atoms with van der Waals surface area (Å²) in [7, 11) is -3.84. The van der Waals surface area contributed by atoms with Crippen LogP contribution in [-0.4, -0.2) is 42.4 Å². The molecule has 2 N–H and O–H groups in total. The van der Waals surface area contributed by atoms with Gasteiger partial charge in [0.05, 0.1) is 16.2 Å². The summed E-state index contributed by atoms with van der Waals surface area (Å²) in [6.45, 7) is 5.48. The second-order valence-electron chi connectivity index (χ2n) is 6.58. The van der Waals surface area contributed by atoms with Crippen molar-refractivity contribution in [3.05, 3.63) is 58.6 Å². The van der Waals surface area contributed by atoms with Crippen LogP contribution in [-0.2, 0) is 14.8 Å². The first-order chi connectivity index (χ1) is 14.7. The number of sulfonamides is 1. The smallest absolute Gasteiger partial charge is 0.295 e. The molecule has 0 saturated carbocycles. The van der Waals surface area contributed by atoms with Crippen molar-refractivity contribution >= 4 is 38.7 Å². The molecule has 166 valence electrons. The van der Waals surface area contributed by atoms with Gasteiger partial charge in [0, 0.05) is 30.6 Å². The molecule has 10 nitrogen and oxygen atoms in total. The molecule has 0 unspecified atom stereocenters. The third-order valence-electron chi connectivity index (χ3n) is 4.35. The molecule has 0 atom stereocenters. The molecule has 0 radical (unpaired) electrons. The first-order valence-corrected chi connectivity index (χ1v) is 11.1. The molecular formula is C20H25N5O5S. The number of rotatable bonds is 10. The molecule has 0 aliphatic rings. The second kappa shape index (κ2) is 10.6. The van der Waals surface area contributed by atoms with Gasteiger partial charge < -0.3 is 5.32 Å². The highest BCUT2D eigenvalue weighted by Gasteiger charge is 2.25. The second-order valence-corrected chi connectivity index (χ2v) is 8.51. The molecule has 31 heavy (non-hydrogen) atoms. The molecule has 2 aromatic rings. The number of hydrazone groups is 1. The third kappa shape index (κ3) is 6.33. The van der Waals surface area contributed by atoms with Gasteiger partial charge in [-0.1, -0.05) is 32.0 Å². The number of hydrogen-bond donors (Lipinski definition) is 2. The van der Waals surface area contributed by atoms with Gasteiger partial charge in [0.2, 0.25) is 15.9 Å². The van der Waals surface area contributed by atoms with Crippen LogP contribution in [0, 0.1) is 10.1 Å². The number of carbonyl (C=O) groups is 1. The van der Waals surface area contributed by atoms with Crippen molar-refractivity contribution in [2.45, 2.75) is 32.1 Å². The van der Waals surface area contributed by atoms with E-state index in [9.17, 15) is 23.3 Å². The summed E-state index contributed by atoms with van der Waals surface area (Å²) in [6, 6.07) is 12.5. The lowest BCUT2D eigenvalue weighted by Crippen LogP contribution is -2.30. The van der Waals surface area contributed by atoms with E-state index in [1.54, 1.807) is 45.0 Å². The number of carbonyl (C=O) groups excluding carboxylic acids is 1. The summed E-state index contributed by atoms with van der Waals surface area (Å²) in [6.07, 6.45) is -0.0237. The topological polar surface area (TPSA) is 134 Å². The predicted octanol–water partition coefficient (Wildman–Crippen LogP) is 3.44. The number of nitro groups is 1. The molecule has 0 fully saturated rings. The number of hydrogen-bond acceptors (Lipinski definition) is 7. The summed E-state index contributed by atoms with van der Waals surface area (Å²) in [5, 5.41) is 18.2. The number of anilines is 2. The molecule has 0 saturated heterocycles. The minimum Gasteiger partial charge on any atom is -0.326 e. The van der Waals surface area contributed by atoms with Crippen LogP contribution < -0.4 is 10.7 Å². The summed E-state index contributed by atoms with van der Waals surface area (Å²) < 4.78 is 26.5. The largest absolute Gasteiger partial charge is 0.326 e. The zero-order valence-corrected chi connectivity index (χ0v) is 18.3. The number of nitrogens with zero attached hydrogens (tertiary/aromatic N) is 3. The lowest BCUT2D eigenvalue weighted by Gasteiger charge is -2.18. The maximum atomic E-state index is 12.6. The lowest BCUT2D eigenvalue weighted by molar-refractivity contribution is -0.384. The van der Waals surface area contributed by atoms with Crippen LogP contribution >= 0.6 is 0 Å². The number of nitro benzene ring substituents is 1. The average molecular weight is 448 g/mol. The van der Waals surface area contributed by atoms with Crippen molar-refractivity contribution in [2.75, 3.05) is 23.8 Å². The summed E-state index contributed by atoms with van der Waals surface area (Å²) in [5.41, 5.74) is 3.18. The average Bonchev–Trinajstić information content (AvgIpc) is 2.73. The Morgan fingerprint density at radius 2 is 1.77 bits per heavy atom. The van der Waals surface area contributed by atoms with Crippen molar-refractivity contribution in [1.82, 2.24) is 4.31 Å². The molecule has 0 aliphatic carbocycles. The Balaban J connectivity index is 2.17. The van der Waals surface area contributed by atoms with E-state index in [-0.39, 0.29) is 36.0 Å². The highest BCUT2D eigenvalue weighted by atomic mass is 32.2. The van der Waals surface area contributed by atoms with Gasteiger partial charge in [-0.15, -0.1) is 0 Å². The molecule has 1 amide bonds. The highest BCUT2D eigenvalue weighted by molar-refractivity contribution is 7.89. The van der Waals surface area contributed by atoms with Crippen LogP contribution in [0.3, 0.4) is 0 Å². The van der Waals surface area contributed by atoms with Crippen molar-refractivity contribution in [3.63, 3.8) is 0 Å². The van der Waals surface area contributed by atoms with Crippen LogP contribution in [0.5, 0.6) is 0 Å². The molecule has 0 spiro atoms. The minimum absolute atomic E-state index is 0.0197. The Bertz CT molecular complexity index is 1070. The van der Waals surface area contributed by atoms with Crippen LogP contribution in [0.2, 0.25) is 0 Å². The van der Waals surface area contributed by atoms with Gasteiger partial charge >= 0.3 is 0 Å². The monoisotopic (exact) mass is 447 g/mol. The molecule has 2 rings (SSSR count). The van der Waals surface area contributed by atoms with Crippen LogP contribution in [0.4, 0.5) is 17.1 Å². The molecule has 0 aromatic heterocycles. The first kappa shape index (κ1) is 24.0. The number of benzene rings is 2. The van der Waals surface area contributed by atoms with E-state index in [1.165, 1.54) is 16.4 Å². The highest BCUT2D eigenvalue weighted by Crippen LogP contribution is 2.29. The first-order valence-electron chi connectivity index (χ1n) is 9.61. The Hall–Kier alpha value is -3.31. The van der Waals surface area contributed by atoms with E-state index in [0.717, 1.165) is 6.07 Å². The minimum atomic E-state index is -3.84. The molecule has 0 bridgehead atoms. The van der Waals surface area contributed by atoms with Gasteiger partial charge in [-0.3, -0.25) is 20.3 Å². The van der Waals surface area contributed by atoms with E-state index in [2.05, 4.69) is 15.8 Å². The predicted molar refractivity (Wildman–Crippen MR) is 120 cm³/mol. The molecular weight excluding hydrogens is 422 g/mol. The van der Waals surface area contributed by atoms with Crippen LogP contribution in [0.1, 0.15) is 27.2 Å². The lowest BCUT2D eigenvalue weighted by atomic mass is 10.2. The van der Waals surface area contributed by atoms with Crippen molar-refractivity contribution < 1.29 is 18.1 Å². The van der Waals surface area contributed by atoms with Gasteiger partial charge in [-0.2, -0.15) is 9.41 Å².